The van der Waals surface area contributed by atoms with Gasteiger partial charge in [-0.25, -0.2) is 4.98 Å². The Kier molecular flexibility index (Phi) is 4.90. The molecule has 6 heteroatoms. The van der Waals surface area contributed by atoms with Gasteiger partial charge in [-0.2, -0.15) is 0 Å². The van der Waals surface area contributed by atoms with Crippen LogP contribution in [-0.2, 0) is 13.1 Å². The van der Waals surface area contributed by atoms with E-state index in [0.717, 1.165) is 34.0 Å². The first-order valence-electron chi connectivity index (χ1n) is 8.17. The Labute approximate surface area is 147 Å². The molecular weight excluding hydrogens is 318 g/mol. The minimum atomic E-state index is 0.511. The van der Waals surface area contributed by atoms with Gasteiger partial charge in [-0.1, -0.05) is 0 Å². The van der Waals surface area contributed by atoms with Crippen LogP contribution in [0.4, 0.5) is 0 Å². The largest absolute Gasteiger partial charge is 0.496 e. The van der Waals surface area contributed by atoms with E-state index in [1.54, 1.807) is 13.4 Å². The van der Waals surface area contributed by atoms with Gasteiger partial charge in [0, 0.05) is 30.4 Å². The molecule has 3 aromatic rings. The van der Waals surface area contributed by atoms with Crippen molar-refractivity contribution in [1.29, 1.82) is 0 Å². The summed E-state index contributed by atoms with van der Waals surface area (Å²) >= 11 is 0. The molecule has 25 heavy (non-hydrogen) atoms. The first-order valence-corrected chi connectivity index (χ1v) is 8.17. The van der Waals surface area contributed by atoms with E-state index >= 15 is 0 Å². The summed E-state index contributed by atoms with van der Waals surface area (Å²) in [4.78, 5) is 11.3. The molecule has 0 saturated heterocycles. The van der Waals surface area contributed by atoms with Crippen LogP contribution in [-0.4, -0.2) is 29.0 Å². The molecule has 0 unspecified atom stereocenters. The van der Waals surface area contributed by atoms with E-state index in [1.165, 1.54) is 0 Å². The average molecular weight is 341 g/mol. The van der Waals surface area contributed by atoms with Crippen molar-refractivity contribution in [2.45, 2.75) is 33.9 Å². The van der Waals surface area contributed by atoms with Gasteiger partial charge in [-0.15, -0.1) is 0 Å². The molecule has 0 fully saturated rings. The van der Waals surface area contributed by atoms with Crippen molar-refractivity contribution in [2.24, 2.45) is 0 Å². The van der Waals surface area contributed by atoms with Crippen LogP contribution in [0.3, 0.4) is 0 Å². The van der Waals surface area contributed by atoms with Gasteiger partial charge >= 0.3 is 0 Å². The molecule has 0 bridgehead atoms. The fraction of sp³-hybridized carbons (Fsp3) is 0.368. The Morgan fingerprint density at radius 1 is 1.16 bits per heavy atom. The fourth-order valence-electron chi connectivity index (χ4n) is 2.88. The second-order valence-corrected chi connectivity index (χ2v) is 6.22. The number of aromatic nitrogens is 2. The third-order valence-electron chi connectivity index (χ3n) is 4.21. The molecule has 0 amide bonds. The lowest BCUT2D eigenvalue weighted by Crippen LogP contribution is -2.19. The molecule has 0 spiro atoms. The highest BCUT2D eigenvalue weighted by Gasteiger charge is 2.16. The number of pyridine rings is 1. The number of hydrogen-bond donors (Lipinski definition) is 0. The van der Waals surface area contributed by atoms with Crippen molar-refractivity contribution in [1.82, 2.24) is 14.9 Å². The van der Waals surface area contributed by atoms with Crippen LogP contribution in [0.1, 0.15) is 28.3 Å². The Morgan fingerprint density at radius 2 is 1.92 bits per heavy atom. The molecule has 3 heterocycles. The Morgan fingerprint density at radius 3 is 2.60 bits per heavy atom. The summed E-state index contributed by atoms with van der Waals surface area (Å²) in [6, 6.07) is 3.66. The number of oxazole rings is 1. The smallest absolute Gasteiger partial charge is 0.263 e. The third-order valence-corrected chi connectivity index (χ3v) is 4.21. The minimum absolute atomic E-state index is 0.511. The van der Waals surface area contributed by atoms with E-state index in [1.807, 2.05) is 46.1 Å². The van der Waals surface area contributed by atoms with Gasteiger partial charge in [0.15, 0.2) is 5.76 Å². The van der Waals surface area contributed by atoms with E-state index in [0.29, 0.717) is 24.7 Å². The molecule has 6 nitrogen and oxygen atoms in total. The molecule has 0 N–H and O–H groups in total. The third kappa shape index (κ3) is 3.58. The molecule has 0 radical (unpaired) electrons. The number of aryl methyl sites for hydroxylation is 2. The number of rotatable bonds is 6. The molecule has 0 atom stereocenters. The van der Waals surface area contributed by atoms with Crippen molar-refractivity contribution in [3.05, 3.63) is 52.9 Å². The van der Waals surface area contributed by atoms with Crippen molar-refractivity contribution in [3.63, 3.8) is 0 Å². The standard InChI is InChI=1S/C19H23N3O3/c1-12-9-20-15(13(2)18(12)23-5)10-22(4)11-16-14(3)25-19(21-16)17-7-6-8-24-17/h6-9H,10-11H2,1-5H3. The van der Waals surface area contributed by atoms with Crippen LogP contribution >= 0.6 is 0 Å². The first-order chi connectivity index (χ1) is 12.0. The topological polar surface area (TPSA) is 64.5 Å². The van der Waals surface area contributed by atoms with Gasteiger partial charge < -0.3 is 13.6 Å². The van der Waals surface area contributed by atoms with Crippen molar-refractivity contribution < 1.29 is 13.6 Å². The number of methoxy groups -OCH3 is 1. The molecule has 0 aliphatic carbocycles. The lowest BCUT2D eigenvalue weighted by molar-refractivity contribution is 0.307. The maximum atomic E-state index is 5.72. The Balaban J connectivity index is 1.74. The van der Waals surface area contributed by atoms with Crippen molar-refractivity contribution in [3.8, 4) is 17.4 Å². The van der Waals surface area contributed by atoms with Crippen LogP contribution in [0.25, 0.3) is 11.7 Å². The highest BCUT2D eigenvalue weighted by molar-refractivity contribution is 5.44. The number of hydrogen-bond acceptors (Lipinski definition) is 6. The molecule has 0 aliphatic heterocycles. The normalized spacial score (nSPS) is 11.3. The van der Waals surface area contributed by atoms with E-state index in [4.69, 9.17) is 13.6 Å². The van der Waals surface area contributed by atoms with Gasteiger partial charge in [0.25, 0.3) is 5.89 Å². The zero-order valence-corrected chi connectivity index (χ0v) is 15.3. The minimum Gasteiger partial charge on any atom is -0.496 e. The van der Waals surface area contributed by atoms with Crippen LogP contribution < -0.4 is 4.74 Å². The zero-order valence-electron chi connectivity index (χ0n) is 15.3. The van der Waals surface area contributed by atoms with Gasteiger partial charge in [-0.05, 0) is 40.0 Å². The first kappa shape index (κ1) is 17.2. The molecule has 132 valence electrons. The molecule has 0 aliphatic rings. The van der Waals surface area contributed by atoms with Gasteiger partial charge in [0.05, 0.1) is 24.8 Å². The summed E-state index contributed by atoms with van der Waals surface area (Å²) in [5, 5.41) is 0. The second-order valence-electron chi connectivity index (χ2n) is 6.22. The highest BCUT2D eigenvalue weighted by atomic mass is 16.5. The summed E-state index contributed by atoms with van der Waals surface area (Å²) in [5.41, 5.74) is 4.01. The summed E-state index contributed by atoms with van der Waals surface area (Å²) in [6.45, 7) is 7.32. The number of nitrogens with zero attached hydrogens (tertiary/aromatic N) is 3. The van der Waals surface area contributed by atoms with Crippen molar-refractivity contribution in [2.75, 3.05) is 14.2 Å². The van der Waals surface area contributed by atoms with Gasteiger partial charge in [0.2, 0.25) is 0 Å². The summed E-state index contributed by atoms with van der Waals surface area (Å²) in [7, 11) is 3.73. The van der Waals surface area contributed by atoms with Gasteiger partial charge in [0.1, 0.15) is 11.5 Å². The monoisotopic (exact) mass is 341 g/mol. The number of ether oxygens (including phenoxy) is 1. The van der Waals surface area contributed by atoms with Crippen LogP contribution in [0, 0.1) is 20.8 Å². The average Bonchev–Trinajstić information content (AvgIpc) is 3.21. The van der Waals surface area contributed by atoms with Crippen LogP contribution in [0.5, 0.6) is 5.75 Å². The SMILES string of the molecule is COc1c(C)cnc(CN(C)Cc2nc(-c3ccco3)oc2C)c1C. The van der Waals surface area contributed by atoms with E-state index in [9.17, 15) is 0 Å². The highest BCUT2D eigenvalue weighted by Crippen LogP contribution is 2.26. The van der Waals surface area contributed by atoms with Crippen LogP contribution in [0.2, 0.25) is 0 Å². The quantitative estimate of drug-likeness (QED) is 0.677. The maximum Gasteiger partial charge on any atom is 0.263 e. The summed E-state index contributed by atoms with van der Waals surface area (Å²) in [6.07, 6.45) is 3.46. The second kappa shape index (κ2) is 7.11. The summed E-state index contributed by atoms with van der Waals surface area (Å²) in [5.74, 6) is 2.84. The maximum absolute atomic E-state index is 5.72. The molecular formula is C19H23N3O3. The zero-order chi connectivity index (χ0) is 18.0. The van der Waals surface area contributed by atoms with E-state index < -0.39 is 0 Å². The predicted octanol–water partition coefficient (Wildman–Crippen LogP) is 3.90. The molecule has 0 saturated carbocycles. The fourth-order valence-corrected chi connectivity index (χ4v) is 2.88. The van der Waals surface area contributed by atoms with E-state index in [2.05, 4.69) is 14.9 Å². The Hall–Kier alpha value is -2.60. The molecule has 3 rings (SSSR count). The lowest BCUT2D eigenvalue weighted by atomic mass is 10.1. The molecule has 0 aromatic carbocycles. The Bertz CT molecular complexity index is 853. The summed E-state index contributed by atoms with van der Waals surface area (Å²) < 4.78 is 16.5. The van der Waals surface area contributed by atoms with Gasteiger partial charge in [-0.3, -0.25) is 9.88 Å². The van der Waals surface area contributed by atoms with E-state index in [-0.39, 0.29) is 0 Å². The van der Waals surface area contributed by atoms with Crippen molar-refractivity contribution >= 4 is 0 Å². The number of furan rings is 1. The lowest BCUT2D eigenvalue weighted by Gasteiger charge is -2.18. The predicted molar refractivity (Wildman–Crippen MR) is 94.4 cm³/mol. The molecule has 3 aromatic heterocycles. The van der Waals surface area contributed by atoms with Crippen LogP contribution in [0.15, 0.2) is 33.4 Å².